The third-order valence-corrected chi connectivity index (χ3v) is 4.68. The van der Waals surface area contributed by atoms with Crippen molar-refractivity contribution in [2.75, 3.05) is 19.6 Å². The minimum absolute atomic E-state index is 0.0176. The Morgan fingerprint density at radius 3 is 2.88 bits per heavy atom. The molecule has 0 radical (unpaired) electrons. The van der Waals surface area contributed by atoms with Gasteiger partial charge in [0.05, 0.1) is 12.2 Å². The smallest absolute Gasteiger partial charge is 0.254 e. The first-order chi connectivity index (χ1) is 12.0. The van der Waals surface area contributed by atoms with Crippen molar-refractivity contribution in [1.82, 2.24) is 20.0 Å². The molecule has 1 aromatic heterocycles. The molecule has 1 N–H and O–H groups in total. The van der Waals surface area contributed by atoms with Gasteiger partial charge in [-0.3, -0.25) is 9.89 Å². The van der Waals surface area contributed by atoms with Crippen LogP contribution in [0.15, 0.2) is 24.4 Å². The lowest BCUT2D eigenvalue weighted by atomic mass is 10.0. The summed E-state index contributed by atoms with van der Waals surface area (Å²) in [5.74, 6) is -0.655. The maximum Gasteiger partial charge on any atom is 0.254 e. The number of likely N-dealkylation sites (N-methyl/N-ethyl adjacent to an activating group) is 1. The summed E-state index contributed by atoms with van der Waals surface area (Å²) in [7, 11) is 0. The van der Waals surface area contributed by atoms with Crippen LogP contribution in [0.3, 0.4) is 0 Å². The Morgan fingerprint density at radius 1 is 1.52 bits per heavy atom. The molecule has 1 fully saturated rings. The molecule has 0 spiro atoms. The summed E-state index contributed by atoms with van der Waals surface area (Å²) < 4.78 is 14.6. The van der Waals surface area contributed by atoms with Gasteiger partial charge < -0.3 is 9.80 Å². The van der Waals surface area contributed by atoms with Crippen LogP contribution in [-0.2, 0) is 0 Å². The number of carbonyl (C=O) groups excluding carboxylic acids is 1. The van der Waals surface area contributed by atoms with Crippen LogP contribution in [0.4, 0.5) is 4.39 Å². The van der Waals surface area contributed by atoms with E-state index in [4.69, 9.17) is 5.26 Å². The average molecular weight is 341 g/mol. The third-order valence-electron chi connectivity index (χ3n) is 4.68. The van der Waals surface area contributed by atoms with E-state index in [1.807, 2.05) is 13.8 Å². The van der Waals surface area contributed by atoms with Crippen LogP contribution in [0, 0.1) is 24.2 Å². The zero-order chi connectivity index (χ0) is 18.0. The number of likely N-dealkylation sites (tertiary alicyclic amines) is 1. The van der Waals surface area contributed by atoms with Crippen molar-refractivity contribution in [3.63, 3.8) is 0 Å². The number of halogens is 1. The highest BCUT2D eigenvalue weighted by atomic mass is 19.1. The maximum atomic E-state index is 14.6. The molecule has 1 atom stereocenters. The topological polar surface area (TPSA) is 76.0 Å². The lowest BCUT2D eigenvalue weighted by Crippen LogP contribution is -2.41. The summed E-state index contributed by atoms with van der Waals surface area (Å²) in [4.78, 5) is 16.2. The standard InChI is InChI=1S/C18H20FN5O/c1-3-24(14-6-7-23(10-14)11-20)18(25)13-4-5-15(17(19)8-13)16-9-21-22-12(16)2/h4-5,8-9,14H,3,6-7,10H2,1-2H3,(H,21,22)/t14-/m1/s1. The number of aromatic nitrogens is 2. The van der Waals surface area contributed by atoms with Crippen molar-refractivity contribution in [1.29, 1.82) is 5.26 Å². The first-order valence-electron chi connectivity index (χ1n) is 8.30. The van der Waals surface area contributed by atoms with E-state index in [2.05, 4.69) is 16.4 Å². The summed E-state index contributed by atoms with van der Waals surface area (Å²) in [6.07, 6.45) is 4.44. The largest absolute Gasteiger partial charge is 0.334 e. The van der Waals surface area contributed by atoms with Crippen molar-refractivity contribution >= 4 is 5.91 Å². The van der Waals surface area contributed by atoms with E-state index in [-0.39, 0.29) is 11.9 Å². The van der Waals surface area contributed by atoms with E-state index in [0.717, 1.165) is 12.1 Å². The molecule has 0 aliphatic carbocycles. The number of aryl methyl sites for hydroxylation is 1. The van der Waals surface area contributed by atoms with E-state index in [1.165, 1.54) is 6.07 Å². The quantitative estimate of drug-likeness (QED) is 0.867. The van der Waals surface area contributed by atoms with E-state index >= 15 is 0 Å². The van der Waals surface area contributed by atoms with Gasteiger partial charge in [-0.1, -0.05) is 6.07 Å². The summed E-state index contributed by atoms with van der Waals surface area (Å²) in [5.41, 5.74) is 2.20. The van der Waals surface area contributed by atoms with Crippen LogP contribution in [-0.4, -0.2) is 51.6 Å². The minimum Gasteiger partial charge on any atom is -0.334 e. The number of benzene rings is 1. The second-order valence-corrected chi connectivity index (χ2v) is 6.18. The monoisotopic (exact) mass is 341 g/mol. The zero-order valence-corrected chi connectivity index (χ0v) is 14.3. The lowest BCUT2D eigenvalue weighted by molar-refractivity contribution is 0.0698. The predicted molar refractivity (Wildman–Crippen MR) is 91.0 cm³/mol. The number of H-pyrrole nitrogens is 1. The fourth-order valence-corrected chi connectivity index (χ4v) is 3.31. The molecule has 0 unspecified atom stereocenters. The molecule has 130 valence electrons. The Morgan fingerprint density at radius 2 is 2.32 bits per heavy atom. The van der Waals surface area contributed by atoms with Gasteiger partial charge in [0.2, 0.25) is 0 Å². The fraction of sp³-hybridized carbons (Fsp3) is 0.389. The van der Waals surface area contributed by atoms with Crippen molar-refractivity contribution in [2.45, 2.75) is 26.3 Å². The van der Waals surface area contributed by atoms with Crippen LogP contribution < -0.4 is 0 Å². The minimum atomic E-state index is -0.448. The first kappa shape index (κ1) is 17.0. The lowest BCUT2D eigenvalue weighted by Gasteiger charge is -2.27. The van der Waals surface area contributed by atoms with Gasteiger partial charge in [0.25, 0.3) is 5.91 Å². The van der Waals surface area contributed by atoms with Crippen LogP contribution in [0.2, 0.25) is 0 Å². The average Bonchev–Trinajstić information content (AvgIpc) is 3.24. The molecular weight excluding hydrogens is 321 g/mol. The second kappa shape index (κ2) is 6.93. The van der Waals surface area contributed by atoms with Crippen molar-refractivity contribution in [3.8, 4) is 17.3 Å². The van der Waals surface area contributed by atoms with Crippen LogP contribution in [0.25, 0.3) is 11.1 Å². The molecule has 1 aliphatic rings. The summed E-state index contributed by atoms with van der Waals surface area (Å²) in [5, 5.41) is 15.7. The number of nitrogens with one attached hydrogen (secondary N) is 1. The third kappa shape index (κ3) is 3.20. The number of nitrogens with zero attached hydrogens (tertiary/aromatic N) is 4. The molecule has 7 heteroatoms. The van der Waals surface area contributed by atoms with Gasteiger partial charge in [-0.25, -0.2) is 4.39 Å². The highest BCUT2D eigenvalue weighted by molar-refractivity contribution is 5.95. The molecule has 0 bridgehead atoms. The zero-order valence-electron chi connectivity index (χ0n) is 14.3. The normalized spacial score (nSPS) is 16.7. The highest BCUT2D eigenvalue weighted by Gasteiger charge is 2.30. The van der Waals surface area contributed by atoms with Gasteiger partial charge in [0, 0.05) is 42.0 Å². The van der Waals surface area contributed by atoms with Crippen molar-refractivity contribution < 1.29 is 9.18 Å². The summed E-state index contributed by atoms with van der Waals surface area (Å²) >= 11 is 0. The molecule has 2 aromatic rings. The maximum absolute atomic E-state index is 14.6. The van der Waals surface area contributed by atoms with Gasteiger partial charge in [0.1, 0.15) is 5.82 Å². The summed E-state index contributed by atoms with van der Waals surface area (Å²) in [6, 6.07) is 4.53. The molecule has 0 saturated carbocycles. The molecule has 1 amide bonds. The molecule has 3 rings (SSSR count). The number of amides is 1. The van der Waals surface area contributed by atoms with Crippen LogP contribution in [0.1, 0.15) is 29.4 Å². The molecule has 6 nitrogen and oxygen atoms in total. The van der Waals surface area contributed by atoms with Gasteiger partial charge in [0.15, 0.2) is 6.19 Å². The Bertz CT molecular complexity index is 825. The number of rotatable bonds is 4. The number of carbonyl (C=O) groups is 1. The van der Waals surface area contributed by atoms with Gasteiger partial charge in [-0.2, -0.15) is 10.4 Å². The SMILES string of the molecule is CCN(C(=O)c1ccc(-c2cn[nH]c2C)c(F)c1)[C@@H]1CCN(C#N)C1. The number of hydrogen-bond donors (Lipinski definition) is 1. The molecule has 1 saturated heterocycles. The molecule has 2 heterocycles. The van der Waals surface area contributed by atoms with Crippen LogP contribution in [0.5, 0.6) is 0 Å². The Hall–Kier alpha value is -2.88. The van der Waals surface area contributed by atoms with Gasteiger partial charge >= 0.3 is 0 Å². The van der Waals surface area contributed by atoms with E-state index in [9.17, 15) is 9.18 Å². The molecule has 1 aromatic carbocycles. The summed E-state index contributed by atoms with van der Waals surface area (Å²) in [6.45, 7) is 5.42. The van der Waals surface area contributed by atoms with Crippen LogP contribution >= 0.6 is 0 Å². The number of aromatic amines is 1. The molecule has 1 aliphatic heterocycles. The van der Waals surface area contributed by atoms with E-state index < -0.39 is 5.82 Å². The molecule has 25 heavy (non-hydrogen) atoms. The molecular formula is C18H20FN5O. The Kier molecular flexibility index (Phi) is 4.70. The van der Waals surface area contributed by atoms with Crippen molar-refractivity contribution in [2.24, 2.45) is 0 Å². The van der Waals surface area contributed by atoms with E-state index in [0.29, 0.717) is 36.3 Å². The number of hydrogen-bond acceptors (Lipinski definition) is 4. The van der Waals surface area contributed by atoms with Crippen molar-refractivity contribution in [3.05, 3.63) is 41.5 Å². The highest BCUT2D eigenvalue weighted by Crippen LogP contribution is 2.26. The Balaban J connectivity index is 1.83. The second-order valence-electron chi connectivity index (χ2n) is 6.18. The van der Waals surface area contributed by atoms with Gasteiger partial charge in [-0.05, 0) is 32.4 Å². The first-order valence-corrected chi connectivity index (χ1v) is 8.30. The fourth-order valence-electron chi connectivity index (χ4n) is 3.31. The predicted octanol–water partition coefficient (Wildman–Crippen LogP) is 2.54. The number of nitriles is 1. The van der Waals surface area contributed by atoms with E-state index in [1.54, 1.807) is 28.1 Å². The van der Waals surface area contributed by atoms with Gasteiger partial charge in [-0.15, -0.1) is 0 Å². The Labute approximate surface area is 145 Å².